The van der Waals surface area contributed by atoms with Gasteiger partial charge >= 0.3 is 0 Å². The van der Waals surface area contributed by atoms with E-state index in [1.54, 1.807) is 0 Å². The van der Waals surface area contributed by atoms with E-state index in [0.717, 1.165) is 55.4 Å². The van der Waals surface area contributed by atoms with E-state index in [1.165, 1.54) is 27.3 Å². The lowest BCUT2D eigenvalue weighted by Gasteiger charge is -2.13. The van der Waals surface area contributed by atoms with Gasteiger partial charge in [-0.1, -0.05) is 176 Å². The average molecular weight is 689 g/mol. The zero-order valence-electron chi connectivity index (χ0n) is 29.3. The molecule has 0 fully saturated rings. The molecular formula is C50H32N4. The molecule has 0 radical (unpaired) electrons. The van der Waals surface area contributed by atoms with Crippen molar-refractivity contribution < 1.29 is 0 Å². The van der Waals surface area contributed by atoms with Gasteiger partial charge in [-0.3, -0.25) is 0 Å². The topological polar surface area (TPSA) is 51.6 Å². The Bertz CT molecular complexity index is 2860. The molecule has 0 bridgehead atoms. The molecule has 0 unspecified atom stereocenters. The van der Waals surface area contributed by atoms with Crippen molar-refractivity contribution in [1.29, 1.82) is 0 Å². The van der Waals surface area contributed by atoms with Crippen molar-refractivity contribution in [2.75, 3.05) is 0 Å². The second kappa shape index (κ2) is 13.4. The molecule has 252 valence electrons. The first kappa shape index (κ1) is 31.4. The van der Waals surface area contributed by atoms with Crippen LogP contribution >= 0.6 is 0 Å². The molecule has 2 aromatic heterocycles. The van der Waals surface area contributed by atoms with Gasteiger partial charge in [-0.05, 0) is 56.6 Å². The summed E-state index contributed by atoms with van der Waals surface area (Å²) in [6.45, 7) is 0. The van der Waals surface area contributed by atoms with Crippen LogP contribution in [0.5, 0.6) is 0 Å². The zero-order chi connectivity index (χ0) is 35.8. The standard InChI is InChI=1S/C50H32N4/c1-3-12-33(13-4-1)35-22-26-37(27-23-35)48-52-49(38-28-24-36(25-29-38)34-14-5-2-6-15-34)54-50(53-48)42-19-11-18-41(30-42)47-44-21-10-9-20-43(44)45-31-39-16-7-8-17-40(39)32-46(45)51-47/h1-32H. The second-order valence-corrected chi connectivity index (χ2v) is 13.5. The van der Waals surface area contributed by atoms with Gasteiger partial charge < -0.3 is 0 Å². The molecule has 0 saturated carbocycles. The number of aromatic nitrogens is 4. The Labute approximate surface area is 313 Å². The van der Waals surface area contributed by atoms with Gasteiger partial charge in [0.25, 0.3) is 0 Å². The van der Waals surface area contributed by atoms with Crippen LogP contribution < -0.4 is 0 Å². The molecule has 4 nitrogen and oxygen atoms in total. The maximum atomic E-state index is 5.30. The van der Waals surface area contributed by atoms with Crippen LogP contribution in [-0.2, 0) is 0 Å². The number of hydrogen-bond donors (Lipinski definition) is 0. The number of benzene rings is 8. The number of rotatable bonds is 6. The first-order chi connectivity index (χ1) is 26.7. The largest absolute Gasteiger partial charge is 0.247 e. The van der Waals surface area contributed by atoms with E-state index in [9.17, 15) is 0 Å². The molecule has 0 N–H and O–H groups in total. The van der Waals surface area contributed by atoms with Gasteiger partial charge in [0.2, 0.25) is 0 Å². The SMILES string of the molecule is c1ccc(-c2ccc(-c3nc(-c4ccc(-c5ccccc5)cc4)nc(-c4cccc(-c5nc6cc7ccccc7cc6c6ccccc56)c4)n3)cc2)cc1. The minimum absolute atomic E-state index is 0.604. The summed E-state index contributed by atoms with van der Waals surface area (Å²) in [6.07, 6.45) is 0. The molecule has 0 atom stereocenters. The molecule has 10 aromatic rings. The number of hydrogen-bond acceptors (Lipinski definition) is 4. The third-order valence-electron chi connectivity index (χ3n) is 10.1. The van der Waals surface area contributed by atoms with Gasteiger partial charge in [0, 0.05) is 33.0 Å². The van der Waals surface area contributed by atoms with Crippen molar-refractivity contribution in [3.8, 4) is 67.7 Å². The van der Waals surface area contributed by atoms with Crippen LogP contribution in [0.3, 0.4) is 0 Å². The first-order valence-corrected chi connectivity index (χ1v) is 18.1. The Morgan fingerprint density at radius 1 is 0.241 bits per heavy atom. The maximum absolute atomic E-state index is 5.30. The Hall–Kier alpha value is -7.30. The summed E-state index contributed by atoms with van der Waals surface area (Å²) in [4.78, 5) is 20.6. The zero-order valence-corrected chi connectivity index (χ0v) is 29.3. The summed E-state index contributed by atoms with van der Waals surface area (Å²) >= 11 is 0. The molecule has 8 aromatic carbocycles. The lowest BCUT2D eigenvalue weighted by molar-refractivity contribution is 1.07. The first-order valence-electron chi connectivity index (χ1n) is 18.1. The van der Waals surface area contributed by atoms with Crippen molar-refractivity contribution >= 4 is 32.4 Å². The van der Waals surface area contributed by atoms with E-state index in [1.807, 2.05) is 12.1 Å². The van der Waals surface area contributed by atoms with Crippen LogP contribution in [0.1, 0.15) is 0 Å². The fourth-order valence-electron chi connectivity index (χ4n) is 7.32. The van der Waals surface area contributed by atoms with Gasteiger partial charge in [-0.15, -0.1) is 0 Å². The predicted octanol–water partition coefficient (Wildman–Crippen LogP) is 12.7. The normalized spacial score (nSPS) is 11.3. The van der Waals surface area contributed by atoms with Crippen LogP contribution in [0.2, 0.25) is 0 Å². The van der Waals surface area contributed by atoms with E-state index in [0.29, 0.717) is 17.5 Å². The number of pyridine rings is 1. The Balaban J connectivity index is 1.11. The number of nitrogens with zero attached hydrogens (tertiary/aromatic N) is 4. The van der Waals surface area contributed by atoms with Crippen molar-refractivity contribution in [2.24, 2.45) is 0 Å². The Morgan fingerprint density at radius 3 is 1.26 bits per heavy atom. The summed E-state index contributed by atoms with van der Waals surface area (Å²) in [6, 6.07) is 67.5. The van der Waals surface area contributed by atoms with Crippen molar-refractivity contribution in [2.45, 2.75) is 0 Å². The van der Waals surface area contributed by atoms with E-state index in [4.69, 9.17) is 19.9 Å². The molecule has 4 heteroatoms. The highest BCUT2D eigenvalue weighted by atomic mass is 15.0. The Morgan fingerprint density at radius 2 is 0.667 bits per heavy atom. The summed E-state index contributed by atoms with van der Waals surface area (Å²) in [5.41, 5.74) is 10.2. The van der Waals surface area contributed by atoms with Gasteiger partial charge in [0.15, 0.2) is 17.5 Å². The summed E-state index contributed by atoms with van der Waals surface area (Å²) in [5.74, 6) is 1.84. The molecule has 0 aliphatic heterocycles. The van der Waals surface area contributed by atoms with Gasteiger partial charge in [0.05, 0.1) is 11.2 Å². The van der Waals surface area contributed by atoms with Crippen LogP contribution in [0, 0.1) is 0 Å². The highest BCUT2D eigenvalue weighted by Crippen LogP contribution is 2.36. The maximum Gasteiger partial charge on any atom is 0.164 e. The fourth-order valence-corrected chi connectivity index (χ4v) is 7.32. The van der Waals surface area contributed by atoms with Crippen molar-refractivity contribution in [3.05, 3.63) is 194 Å². The molecule has 54 heavy (non-hydrogen) atoms. The van der Waals surface area contributed by atoms with E-state index in [-0.39, 0.29) is 0 Å². The summed E-state index contributed by atoms with van der Waals surface area (Å²) in [5, 5.41) is 5.80. The van der Waals surface area contributed by atoms with E-state index >= 15 is 0 Å². The molecule has 2 heterocycles. The van der Waals surface area contributed by atoms with E-state index in [2.05, 4.69) is 182 Å². The molecule has 0 amide bonds. The summed E-state index contributed by atoms with van der Waals surface area (Å²) in [7, 11) is 0. The second-order valence-electron chi connectivity index (χ2n) is 13.5. The quantitative estimate of drug-likeness (QED) is 0.129. The Kier molecular flexibility index (Phi) is 7.77. The molecule has 0 aliphatic carbocycles. The third kappa shape index (κ3) is 5.86. The lowest BCUT2D eigenvalue weighted by atomic mass is 9.97. The van der Waals surface area contributed by atoms with Crippen molar-refractivity contribution in [1.82, 2.24) is 19.9 Å². The predicted molar refractivity (Wildman–Crippen MR) is 223 cm³/mol. The highest BCUT2D eigenvalue weighted by molar-refractivity contribution is 6.14. The fraction of sp³-hybridized carbons (Fsp3) is 0. The number of fused-ring (bicyclic) bond motifs is 4. The lowest BCUT2D eigenvalue weighted by Crippen LogP contribution is -2.00. The van der Waals surface area contributed by atoms with Crippen LogP contribution in [0.4, 0.5) is 0 Å². The molecule has 10 rings (SSSR count). The van der Waals surface area contributed by atoms with Crippen LogP contribution in [-0.4, -0.2) is 19.9 Å². The molecule has 0 saturated heterocycles. The van der Waals surface area contributed by atoms with Gasteiger partial charge in [-0.25, -0.2) is 19.9 Å². The molecule has 0 spiro atoms. The molecular weight excluding hydrogens is 657 g/mol. The van der Waals surface area contributed by atoms with Crippen molar-refractivity contribution in [3.63, 3.8) is 0 Å². The smallest absolute Gasteiger partial charge is 0.164 e. The van der Waals surface area contributed by atoms with Gasteiger partial charge in [0.1, 0.15) is 0 Å². The van der Waals surface area contributed by atoms with Crippen LogP contribution in [0.25, 0.3) is 100 Å². The van der Waals surface area contributed by atoms with Crippen LogP contribution in [0.15, 0.2) is 194 Å². The third-order valence-corrected chi connectivity index (χ3v) is 10.1. The minimum Gasteiger partial charge on any atom is -0.247 e. The highest BCUT2D eigenvalue weighted by Gasteiger charge is 2.16. The summed E-state index contributed by atoms with van der Waals surface area (Å²) < 4.78 is 0. The van der Waals surface area contributed by atoms with E-state index < -0.39 is 0 Å². The van der Waals surface area contributed by atoms with Gasteiger partial charge in [-0.2, -0.15) is 0 Å². The monoisotopic (exact) mass is 688 g/mol. The minimum atomic E-state index is 0.604. The molecule has 0 aliphatic rings. The average Bonchev–Trinajstić information content (AvgIpc) is 3.26.